The van der Waals surface area contributed by atoms with E-state index in [1.165, 1.54) is 11.1 Å². The minimum atomic E-state index is -0.963. The largest absolute Gasteiger partial charge is 0.465 e. The first-order valence-electron chi connectivity index (χ1n) is 27.7. The van der Waals surface area contributed by atoms with Crippen molar-refractivity contribution in [1.82, 2.24) is 15.1 Å². The zero-order chi connectivity index (χ0) is 55.7. The first-order chi connectivity index (χ1) is 38.0. The van der Waals surface area contributed by atoms with Crippen LogP contribution in [0.3, 0.4) is 0 Å². The van der Waals surface area contributed by atoms with Crippen LogP contribution in [0.1, 0.15) is 117 Å². The molecule has 20 heteroatoms. The molecule has 3 aromatic carbocycles. The molecule has 422 valence electrons. The van der Waals surface area contributed by atoms with E-state index in [1.54, 1.807) is 31.1 Å². The second kappa shape index (κ2) is 22.3. The summed E-state index contributed by atoms with van der Waals surface area (Å²) in [5.41, 5.74) is 10.6. The number of thiocyanates is 1. The van der Waals surface area contributed by atoms with Crippen LogP contribution in [0.2, 0.25) is 0 Å². The molecular weight excluding hydrogens is 1240 g/mol. The fourth-order valence-electron chi connectivity index (χ4n) is 15.6. The second-order valence-electron chi connectivity index (χ2n) is 23.3. The van der Waals surface area contributed by atoms with Gasteiger partial charge in [-0.1, -0.05) is 66.0 Å². The van der Waals surface area contributed by atoms with E-state index in [4.69, 9.17) is 51.4 Å². The Morgan fingerprint density at radius 2 is 1.15 bits per heavy atom. The zero-order valence-corrected chi connectivity index (χ0v) is 51.6. The molecule has 3 atom stereocenters. The molecule has 6 fully saturated rings. The van der Waals surface area contributed by atoms with Crippen molar-refractivity contribution < 1.29 is 42.8 Å². The number of nitrogens with zero attached hydrogens (tertiary/aromatic N) is 4. The molecule has 15 nitrogen and oxygen atoms in total. The number of hydrogen-bond acceptors (Lipinski definition) is 14. The average molecular weight is 1310 g/mol. The number of hydrogen-bond donors (Lipinski definition) is 2. The number of rotatable bonds is 8. The maximum Gasteiger partial charge on any atom is 0.328 e. The van der Waals surface area contributed by atoms with Crippen LogP contribution in [-0.2, 0) is 77.9 Å². The van der Waals surface area contributed by atoms with Gasteiger partial charge in [-0.15, -0.1) is 0 Å². The highest BCUT2D eigenvalue weighted by molar-refractivity contribution is 9.11. The lowest BCUT2D eigenvalue weighted by Gasteiger charge is -2.47. The van der Waals surface area contributed by atoms with E-state index in [2.05, 4.69) is 101 Å². The van der Waals surface area contributed by atoms with E-state index < -0.39 is 15.8 Å². The first-order valence-corrected chi connectivity index (χ1v) is 31.3. The number of amides is 2. The summed E-state index contributed by atoms with van der Waals surface area (Å²) < 4.78 is 34.8. The summed E-state index contributed by atoms with van der Waals surface area (Å²) in [6.45, 7) is 4.31. The highest BCUT2D eigenvalue weighted by atomic mass is 79.9. The van der Waals surface area contributed by atoms with E-state index in [-0.39, 0.29) is 64.4 Å². The third-order valence-electron chi connectivity index (χ3n) is 19.8. The Balaban J connectivity index is 0.000000126. The van der Waals surface area contributed by atoms with Gasteiger partial charge in [0.05, 0.1) is 63.4 Å². The number of thiocarbonyl (C=S) groups is 1. The van der Waals surface area contributed by atoms with Crippen LogP contribution in [0.4, 0.5) is 0 Å². The summed E-state index contributed by atoms with van der Waals surface area (Å²) in [7, 11) is 5.30. The predicted octanol–water partition coefficient (Wildman–Crippen LogP) is 9.78. The van der Waals surface area contributed by atoms with E-state index in [1.807, 2.05) is 19.1 Å². The number of ether oxygens (including phenoxy) is 6. The van der Waals surface area contributed by atoms with Crippen molar-refractivity contribution in [3.8, 4) is 5.40 Å². The number of carbonyl (C=O) groups is 3. The minimum absolute atomic E-state index is 0.00388. The lowest BCUT2D eigenvalue weighted by atomic mass is 9.61. The van der Waals surface area contributed by atoms with Gasteiger partial charge in [-0.05, 0) is 197 Å². The smallest absolute Gasteiger partial charge is 0.328 e. The second-order valence-corrected chi connectivity index (χ2v) is 27.4. The Kier molecular flexibility index (Phi) is 16.1. The topological polar surface area (TPSA) is 187 Å². The Hall–Kier alpha value is -3.49. The van der Waals surface area contributed by atoms with E-state index in [0.29, 0.717) is 44.1 Å². The average Bonchev–Trinajstić information content (AvgIpc) is 2.38. The summed E-state index contributed by atoms with van der Waals surface area (Å²) in [5.74, 6) is 0.193. The molecule has 0 bridgehead atoms. The number of aliphatic imine (C=N–C) groups is 1. The molecule has 3 aromatic rings. The summed E-state index contributed by atoms with van der Waals surface area (Å²) in [6.07, 6.45) is 14.4. The van der Waals surface area contributed by atoms with E-state index >= 15 is 0 Å². The maximum absolute atomic E-state index is 13.9. The fourth-order valence-corrected chi connectivity index (χ4v) is 18.2. The van der Waals surface area contributed by atoms with Crippen molar-refractivity contribution in [2.75, 3.05) is 54.4 Å². The monoisotopic (exact) mass is 1310 g/mol. The predicted molar refractivity (Wildman–Crippen MR) is 314 cm³/mol. The minimum Gasteiger partial charge on any atom is -0.465 e. The number of benzene rings is 3. The van der Waals surface area contributed by atoms with Crippen molar-refractivity contribution in [3.63, 3.8) is 0 Å². The SMILES string of the molecule is CCOC(=O)C1(SC#N)c2cc(Br)ccc2CC12CCC(OC)CC2.COC1CCC2(CC1)Cc1ccc(Br)cc1C21N=C(N)N(C2COC2)C1=O.COC1CCC2(CC1)Cc1ccc(Br)cc1C21NC(=S)N(C2COC2)C1=O. The number of nitrogens with two attached hydrogens (primary N) is 1. The molecule has 0 aromatic heterocycles. The molecule has 5 spiro atoms. The molecule has 4 aliphatic heterocycles. The number of guanidine groups is 1. The normalized spacial score (nSPS) is 34.1. The number of carbonyl (C=O) groups excluding carboxylic acids is 3. The van der Waals surface area contributed by atoms with Crippen molar-refractivity contribution in [2.24, 2.45) is 27.0 Å². The third kappa shape index (κ3) is 9.01. The van der Waals surface area contributed by atoms with Gasteiger partial charge in [0.1, 0.15) is 5.40 Å². The van der Waals surface area contributed by atoms with E-state index in [0.717, 1.165) is 144 Å². The Labute approximate surface area is 497 Å². The van der Waals surface area contributed by atoms with Crippen molar-refractivity contribution in [3.05, 3.63) is 101 Å². The van der Waals surface area contributed by atoms with Crippen LogP contribution in [0.5, 0.6) is 0 Å². The van der Waals surface area contributed by atoms with Crippen LogP contribution < -0.4 is 11.1 Å². The van der Waals surface area contributed by atoms with Crippen LogP contribution in [0.15, 0.2) is 73.0 Å². The van der Waals surface area contributed by atoms with Gasteiger partial charge in [-0.25, -0.2) is 4.99 Å². The van der Waals surface area contributed by atoms with Crippen LogP contribution >= 0.6 is 71.8 Å². The molecule has 4 heterocycles. The maximum atomic E-state index is 13.9. The van der Waals surface area contributed by atoms with Gasteiger partial charge >= 0.3 is 5.97 Å². The molecule has 3 saturated carbocycles. The van der Waals surface area contributed by atoms with Gasteiger partial charge < -0.3 is 39.5 Å². The third-order valence-corrected chi connectivity index (χ3v) is 22.8. The molecule has 79 heavy (non-hydrogen) atoms. The Morgan fingerprint density at radius 1 is 0.709 bits per heavy atom. The fraction of sp³-hybridized carbons (Fsp3) is 0.593. The standard InChI is InChI=1S/C20H24BrN3O3.C20H23BrN2O3S.C19H22BrNO3S/c1-26-15-4-6-19(7-5-15)9-12-2-3-13(21)8-16(12)20(19)17(25)24(18(22)23-20)14-10-27-11-14;1-25-15-4-6-19(7-5-15)9-12-2-3-13(21)8-16(12)20(19)17(24)23(18(27)22-20)14-10-26-11-14;1-3-24-17(22)19(25-12-21)16-10-14(20)5-4-13(16)11-18(19)8-6-15(23-2)7-9-18/h2-3,8,14-15H,4-7,9-11H2,1H3,(H2,22,23);2-3,8,14-15H,4-7,9-11H2,1H3,(H,22,27);4-5,10,15H,3,6-9,11H2,1-2H3. The molecule has 2 amide bonds. The van der Waals surface area contributed by atoms with Gasteiger partial charge in [0.15, 0.2) is 26.9 Å². The molecule has 3 N–H and O–H groups in total. The number of halogens is 3. The summed E-state index contributed by atoms with van der Waals surface area (Å²) in [4.78, 5) is 49.5. The van der Waals surface area contributed by atoms with Crippen LogP contribution in [0, 0.1) is 26.9 Å². The molecular formula is C59H69Br3N6O9S2. The summed E-state index contributed by atoms with van der Waals surface area (Å²) in [6, 6.07) is 18.7. The van der Waals surface area contributed by atoms with Crippen LogP contribution in [0.25, 0.3) is 0 Å². The number of fused-ring (bicyclic) bond motifs is 7. The van der Waals surface area contributed by atoms with E-state index in [9.17, 15) is 19.6 Å². The Morgan fingerprint density at radius 3 is 1.65 bits per heavy atom. The molecule has 6 aliphatic carbocycles. The summed E-state index contributed by atoms with van der Waals surface area (Å²) in [5, 5.41) is 15.9. The van der Waals surface area contributed by atoms with Gasteiger partial charge in [0, 0.05) is 51.0 Å². The summed E-state index contributed by atoms with van der Waals surface area (Å²) >= 11 is 17.5. The van der Waals surface area contributed by atoms with Gasteiger partial charge in [-0.3, -0.25) is 24.2 Å². The Bertz CT molecular complexity index is 2970. The quantitative estimate of drug-likeness (QED) is 0.123. The number of thioether (sulfide) groups is 1. The molecule has 13 rings (SSSR count). The molecule has 0 radical (unpaired) electrons. The zero-order valence-electron chi connectivity index (χ0n) is 45.2. The van der Waals surface area contributed by atoms with Gasteiger partial charge in [0.2, 0.25) is 0 Å². The molecule has 10 aliphatic rings. The lowest BCUT2D eigenvalue weighted by Crippen LogP contribution is -2.58. The van der Waals surface area contributed by atoms with Crippen molar-refractivity contribution in [1.29, 1.82) is 5.26 Å². The van der Waals surface area contributed by atoms with Crippen molar-refractivity contribution >= 4 is 101 Å². The highest BCUT2D eigenvalue weighted by Crippen LogP contribution is 2.66. The number of esters is 1. The molecule has 3 saturated heterocycles. The number of methoxy groups -OCH3 is 3. The van der Waals surface area contributed by atoms with Gasteiger partial charge in [-0.2, -0.15) is 5.26 Å². The van der Waals surface area contributed by atoms with Gasteiger partial charge in [0.25, 0.3) is 11.8 Å². The van der Waals surface area contributed by atoms with Crippen molar-refractivity contribution in [2.45, 2.75) is 149 Å². The number of nitrogens with one attached hydrogen (secondary N) is 1. The molecule has 3 unspecified atom stereocenters. The van der Waals surface area contributed by atoms with Crippen LogP contribution in [-0.4, -0.2) is 123 Å². The first kappa shape index (κ1) is 57.3. The lowest BCUT2D eigenvalue weighted by molar-refractivity contribution is -0.152. The number of nitriles is 1. The highest BCUT2D eigenvalue weighted by Gasteiger charge is 2.70.